The van der Waals surface area contributed by atoms with Crippen molar-refractivity contribution in [3.63, 3.8) is 0 Å². The molecule has 0 aliphatic carbocycles. The first-order chi connectivity index (χ1) is 8.43. The van der Waals surface area contributed by atoms with Crippen LogP contribution in [0.25, 0.3) is 0 Å². The Morgan fingerprint density at radius 3 is 2.67 bits per heavy atom. The maximum absolute atomic E-state index is 13.5. The molecule has 1 aromatic carbocycles. The van der Waals surface area contributed by atoms with Gasteiger partial charge in [-0.25, -0.2) is 9.18 Å². The predicted molar refractivity (Wildman–Crippen MR) is 69.1 cm³/mol. The van der Waals surface area contributed by atoms with E-state index in [1.54, 1.807) is 6.07 Å². The lowest BCUT2D eigenvalue weighted by molar-refractivity contribution is 0.0692. The molecule has 100 valence electrons. The molecule has 0 fully saturated rings. The summed E-state index contributed by atoms with van der Waals surface area (Å²) in [5.41, 5.74) is 0.520. The number of halogens is 1. The summed E-state index contributed by atoms with van der Waals surface area (Å²) in [5, 5.41) is 8.74. The Labute approximate surface area is 107 Å². The minimum absolute atomic E-state index is 0.275. The van der Waals surface area contributed by atoms with Crippen LogP contribution in [0, 0.1) is 11.7 Å². The summed E-state index contributed by atoms with van der Waals surface area (Å²) in [6, 6.07) is 4.29. The van der Waals surface area contributed by atoms with Gasteiger partial charge in [0.05, 0.1) is 5.56 Å². The molecule has 1 N–H and O–H groups in total. The molecule has 1 aromatic rings. The molecular weight excluding hydrogens is 233 g/mol. The second-order valence-electron chi connectivity index (χ2n) is 4.83. The fourth-order valence-electron chi connectivity index (χ4n) is 1.87. The molecule has 4 heteroatoms. The van der Waals surface area contributed by atoms with Gasteiger partial charge in [0.2, 0.25) is 0 Å². The molecule has 3 nitrogen and oxygen atoms in total. The number of rotatable bonds is 6. The van der Waals surface area contributed by atoms with Crippen LogP contribution in [0.5, 0.6) is 0 Å². The number of carbonyl (C=O) groups is 1. The molecule has 0 bridgehead atoms. The van der Waals surface area contributed by atoms with Crippen molar-refractivity contribution in [2.75, 3.05) is 13.6 Å². The zero-order chi connectivity index (χ0) is 13.7. The summed E-state index contributed by atoms with van der Waals surface area (Å²) < 4.78 is 13.5. The van der Waals surface area contributed by atoms with Crippen LogP contribution in [-0.2, 0) is 6.54 Å². The van der Waals surface area contributed by atoms with Gasteiger partial charge in [-0.3, -0.25) is 0 Å². The van der Waals surface area contributed by atoms with Gasteiger partial charge in [0.15, 0.2) is 0 Å². The lowest BCUT2D eigenvalue weighted by Gasteiger charge is -2.20. The molecule has 0 aliphatic heterocycles. The van der Waals surface area contributed by atoms with Crippen LogP contribution < -0.4 is 0 Å². The largest absolute Gasteiger partial charge is 0.478 e. The highest BCUT2D eigenvalue weighted by Crippen LogP contribution is 2.13. The number of benzene rings is 1. The zero-order valence-corrected chi connectivity index (χ0v) is 11.1. The summed E-state index contributed by atoms with van der Waals surface area (Å²) in [4.78, 5) is 12.8. The van der Waals surface area contributed by atoms with Gasteiger partial charge in [0, 0.05) is 13.1 Å². The van der Waals surface area contributed by atoms with E-state index in [0.29, 0.717) is 12.5 Å². The minimum Gasteiger partial charge on any atom is -0.478 e. The van der Waals surface area contributed by atoms with E-state index in [1.807, 2.05) is 7.05 Å². The number of nitrogens with zero attached hydrogens (tertiary/aromatic N) is 1. The molecule has 18 heavy (non-hydrogen) atoms. The average molecular weight is 253 g/mol. The fraction of sp³-hybridized carbons (Fsp3) is 0.500. The van der Waals surface area contributed by atoms with Gasteiger partial charge in [-0.1, -0.05) is 26.3 Å². The van der Waals surface area contributed by atoms with E-state index < -0.39 is 11.8 Å². The SMILES string of the molecule is CCC(C)CN(C)Cc1ccc(C(=O)O)c(F)c1. The standard InChI is InChI=1S/C14H20FNO2/c1-4-10(2)8-16(3)9-11-5-6-12(14(17)18)13(15)7-11/h5-7,10H,4,8-9H2,1-3H3,(H,17,18). The Kier molecular flexibility index (Phi) is 5.28. The summed E-state index contributed by atoms with van der Waals surface area (Å²) in [5.74, 6) is -1.30. The lowest BCUT2D eigenvalue weighted by atomic mass is 10.1. The number of carboxylic acid groups (broad SMARTS) is 1. The molecule has 0 radical (unpaired) electrons. The van der Waals surface area contributed by atoms with Gasteiger partial charge in [0.1, 0.15) is 5.82 Å². The highest BCUT2D eigenvalue weighted by Gasteiger charge is 2.11. The van der Waals surface area contributed by atoms with Gasteiger partial charge in [0.25, 0.3) is 0 Å². The van der Waals surface area contributed by atoms with E-state index in [-0.39, 0.29) is 5.56 Å². The van der Waals surface area contributed by atoms with Crippen LogP contribution in [0.15, 0.2) is 18.2 Å². The molecule has 0 amide bonds. The maximum Gasteiger partial charge on any atom is 0.338 e. The van der Waals surface area contributed by atoms with Crippen molar-refractivity contribution in [1.29, 1.82) is 0 Å². The van der Waals surface area contributed by atoms with Crippen molar-refractivity contribution in [3.8, 4) is 0 Å². The minimum atomic E-state index is -1.23. The second kappa shape index (κ2) is 6.50. The van der Waals surface area contributed by atoms with Gasteiger partial charge in [-0.05, 0) is 30.7 Å². The van der Waals surface area contributed by atoms with Crippen molar-refractivity contribution in [2.45, 2.75) is 26.8 Å². The smallest absolute Gasteiger partial charge is 0.338 e. The fourth-order valence-corrected chi connectivity index (χ4v) is 1.87. The van der Waals surface area contributed by atoms with E-state index in [1.165, 1.54) is 12.1 Å². The topological polar surface area (TPSA) is 40.5 Å². The molecule has 0 saturated heterocycles. The summed E-state index contributed by atoms with van der Waals surface area (Å²) >= 11 is 0. The zero-order valence-electron chi connectivity index (χ0n) is 11.1. The van der Waals surface area contributed by atoms with Crippen LogP contribution >= 0.6 is 0 Å². The van der Waals surface area contributed by atoms with Crippen LogP contribution in [0.3, 0.4) is 0 Å². The Balaban J connectivity index is 2.68. The van der Waals surface area contributed by atoms with Crippen LogP contribution in [0.2, 0.25) is 0 Å². The van der Waals surface area contributed by atoms with E-state index in [0.717, 1.165) is 18.5 Å². The molecule has 0 saturated carbocycles. The first-order valence-corrected chi connectivity index (χ1v) is 6.14. The monoisotopic (exact) mass is 253 g/mol. The predicted octanol–water partition coefficient (Wildman–Crippen LogP) is 3.00. The van der Waals surface area contributed by atoms with Crippen molar-refractivity contribution in [3.05, 3.63) is 35.1 Å². The number of carboxylic acids is 1. The van der Waals surface area contributed by atoms with Crippen LogP contribution in [0.4, 0.5) is 4.39 Å². The van der Waals surface area contributed by atoms with E-state index >= 15 is 0 Å². The number of hydrogen-bond donors (Lipinski definition) is 1. The van der Waals surface area contributed by atoms with Crippen LogP contribution in [-0.4, -0.2) is 29.6 Å². The first kappa shape index (κ1) is 14.6. The summed E-state index contributed by atoms with van der Waals surface area (Å²) in [6.45, 7) is 5.88. The third-order valence-electron chi connectivity index (χ3n) is 3.04. The van der Waals surface area contributed by atoms with Gasteiger partial charge in [-0.15, -0.1) is 0 Å². The maximum atomic E-state index is 13.5. The summed E-state index contributed by atoms with van der Waals surface area (Å²) in [6.07, 6.45) is 1.11. The van der Waals surface area contributed by atoms with Crippen molar-refractivity contribution in [2.24, 2.45) is 5.92 Å². The van der Waals surface area contributed by atoms with Gasteiger partial charge in [-0.2, -0.15) is 0 Å². The number of aromatic carboxylic acids is 1. The summed E-state index contributed by atoms with van der Waals surface area (Å²) in [7, 11) is 1.98. The van der Waals surface area contributed by atoms with Gasteiger partial charge < -0.3 is 10.0 Å². The lowest BCUT2D eigenvalue weighted by Crippen LogP contribution is -2.23. The average Bonchev–Trinajstić information content (AvgIpc) is 2.28. The molecule has 0 spiro atoms. The van der Waals surface area contributed by atoms with E-state index in [4.69, 9.17) is 5.11 Å². The molecule has 0 aliphatic rings. The van der Waals surface area contributed by atoms with Crippen LogP contribution in [0.1, 0.15) is 36.2 Å². The molecule has 1 rings (SSSR count). The Morgan fingerprint density at radius 1 is 1.50 bits per heavy atom. The Bertz CT molecular complexity index is 420. The second-order valence-corrected chi connectivity index (χ2v) is 4.83. The van der Waals surface area contributed by atoms with E-state index in [2.05, 4.69) is 18.7 Å². The van der Waals surface area contributed by atoms with Crippen molar-refractivity contribution in [1.82, 2.24) is 4.90 Å². The third kappa shape index (κ3) is 4.11. The quantitative estimate of drug-likeness (QED) is 0.847. The Hall–Kier alpha value is -1.42. The van der Waals surface area contributed by atoms with Crippen molar-refractivity contribution >= 4 is 5.97 Å². The molecule has 0 aromatic heterocycles. The highest BCUT2D eigenvalue weighted by molar-refractivity contribution is 5.87. The molecular formula is C14H20FNO2. The highest BCUT2D eigenvalue weighted by atomic mass is 19.1. The van der Waals surface area contributed by atoms with Gasteiger partial charge >= 0.3 is 5.97 Å². The third-order valence-corrected chi connectivity index (χ3v) is 3.04. The number of hydrogen-bond acceptors (Lipinski definition) is 2. The van der Waals surface area contributed by atoms with Crippen molar-refractivity contribution < 1.29 is 14.3 Å². The molecule has 1 unspecified atom stereocenters. The Morgan fingerprint density at radius 2 is 2.17 bits per heavy atom. The van der Waals surface area contributed by atoms with E-state index in [9.17, 15) is 9.18 Å². The normalized spacial score (nSPS) is 12.7. The molecule has 1 atom stereocenters. The first-order valence-electron chi connectivity index (χ1n) is 6.14. The molecule has 0 heterocycles.